The minimum Gasteiger partial charge on any atom is -0.394 e. The molecule has 2 saturated heterocycles. The first-order chi connectivity index (χ1) is 17.3. The van der Waals surface area contributed by atoms with E-state index in [0.717, 1.165) is 57.9 Å². The standard InChI is InChI=1S/C27H39N7O2/c1-26(2,19-35)31-22-8-7-20(24(29-22)34-13-11-27(9-10-27)12-14-34)25(36)30-21-5-4-6-23(28-21)33-17-15-32(3)16-18-33/h4-8,35H,9-19H2,1-3H3,(H,29,31)(H,28,30,36). The Hall–Kier alpha value is -2.91. The Labute approximate surface area is 213 Å². The highest BCUT2D eigenvalue weighted by Crippen LogP contribution is 2.54. The second kappa shape index (κ2) is 9.86. The quantitative estimate of drug-likeness (QED) is 0.542. The number of pyridine rings is 2. The Morgan fingerprint density at radius 3 is 2.33 bits per heavy atom. The maximum Gasteiger partial charge on any atom is 0.260 e. The van der Waals surface area contributed by atoms with E-state index in [-0.39, 0.29) is 12.5 Å². The van der Waals surface area contributed by atoms with Crippen LogP contribution in [0.2, 0.25) is 0 Å². The normalized spacial score (nSPS) is 19.9. The Morgan fingerprint density at radius 2 is 1.67 bits per heavy atom. The number of hydrogen-bond acceptors (Lipinski definition) is 8. The highest BCUT2D eigenvalue weighted by Gasteiger charge is 2.45. The third-order valence-electron chi connectivity index (χ3n) is 7.87. The molecule has 0 radical (unpaired) electrons. The van der Waals surface area contributed by atoms with Gasteiger partial charge in [-0.2, -0.15) is 0 Å². The smallest absolute Gasteiger partial charge is 0.260 e. The fourth-order valence-corrected chi connectivity index (χ4v) is 5.08. The van der Waals surface area contributed by atoms with Crippen molar-refractivity contribution < 1.29 is 9.90 Å². The van der Waals surface area contributed by atoms with E-state index in [0.29, 0.717) is 28.4 Å². The minimum absolute atomic E-state index is 0.0200. The average molecular weight is 494 g/mol. The van der Waals surface area contributed by atoms with E-state index in [2.05, 4.69) is 32.4 Å². The third-order valence-corrected chi connectivity index (χ3v) is 7.87. The second-order valence-electron chi connectivity index (χ2n) is 11.3. The number of nitrogens with one attached hydrogen (secondary N) is 2. The van der Waals surface area contributed by atoms with Gasteiger partial charge in [-0.05, 0) is 76.3 Å². The molecule has 9 nitrogen and oxygen atoms in total. The van der Waals surface area contributed by atoms with Crippen LogP contribution in [0.15, 0.2) is 30.3 Å². The molecule has 3 aliphatic rings. The number of hydrogen-bond donors (Lipinski definition) is 3. The van der Waals surface area contributed by atoms with Crippen LogP contribution in [0.4, 0.5) is 23.3 Å². The van der Waals surface area contributed by atoms with Crippen molar-refractivity contribution in [3.63, 3.8) is 0 Å². The van der Waals surface area contributed by atoms with E-state index >= 15 is 0 Å². The van der Waals surface area contributed by atoms with Gasteiger partial charge in [-0.1, -0.05) is 6.07 Å². The van der Waals surface area contributed by atoms with Gasteiger partial charge in [-0.3, -0.25) is 4.79 Å². The van der Waals surface area contributed by atoms with Crippen molar-refractivity contribution in [1.82, 2.24) is 14.9 Å². The van der Waals surface area contributed by atoms with Crippen LogP contribution < -0.4 is 20.4 Å². The first-order valence-electron chi connectivity index (χ1n) is 13.1. The monoisotopic (exact) mass is 493 g/mol. The molecule has 1 spiro atoms. The van der Waals surface area contributed by atoms with Crippen LogP contribution in [0.25, 0.3) is 0 Å². The number of piperidine rings is 1. The van der Waals surface area contributed by atoms with Gasteiger partial charge in [0.15, 0.2) is 0 Å². The number of aromatic nitrogens is 2. The summed E-state index contributed by atoms with van der Waals surface area (Å²) in [6.07, 6.45) is 4.93. The van der Waals surface area contributed by atoms with E-state index in [1.807, 2.05) is 44.2 Å². The van der Waals surface area contributed by atoms with E-state index in [4.69, 9.17) is 9.97 Å². The molecule has 2 aromatic rings. The maximum absolute atomic E-state index is 13.5. The molecule has 9 heteroatoms. The number of amides is 1. The molecule has 5 rings (SSSR count). The number of carbonyl (C=O) groups is 1. The predicted molar refractivity (Wildman–Crippen MR) is 144 cm³/mol. The summed E-state index contributed by atoms with van der Waals surface area (Å²) in [6, 6.07) is 9.43. The van der Waals surface area contributed by atoms with Gasteiger partial charge in [-0.15, -0.1) is 0 Å². The summed E-state index contributed by atoms with van der Waals surface area (Å²) in [6.45, 7) is 9.46. The Morgan fingerprint density at radius 1 is 0.944 bits per heavy atom. The van der Waals surface area contributed by atoms with Crippen LogP contribution in [0.3, 0.4) is 0 Å². The van der Waals surface area contributed by atoms with Gasteiger partial charge in [0, 0.05) is 39.3 Å². The topological polar surface area (TPSA) is 96.9 Å². The molecule has 194 valence electrons. The van der Waals surface area contributed by atoms with Crippen LogP contribution in [-0.4, -0.2) is 84.3 Å². The predicted octanol–water partition coefficient (Wildman–Crippen LogP) is 3.04. The van der Waals surface area contributed by atoms with Gasteiger partial charge in [0.1, 0.15) is 23.3 Å². The summed E-state index contributed by atoms with van der Waals surface area (Å²) in [5.41, 5.74) is 0.559. The summed E-state index contributed by atoms with van der Waals surface area (Å²) in [7, 11) is 2.13. The fraction of sp³-hybridized carbons (Fsp3) is 0.593. The molecule has 4 heterocycles. The van der Waals surface area contributed by atoms with Crippen LogP contribution in [0.5, 0.6) is 0 Å². The lowest BCUT2D eigenvalue weighted by Crippen LogP contribution is -2.44. The maximum atomic E-state index is 13.5. The van der Waals surface area contributed by atoms with E-state index in [1.54, 1.807) is 0 Å². The lowest BCUT2D eigenvalue weighted by molar-refractivity contribution is 0.102. The molecular formula is C27H39N7O2. The zero-order valence-corrected chi connectivity index (χ0v) is 21.8. The molecule has 3 N–H and O–H groups in total. The first-order valence-corrected chi connectivity index (χ1v) is 13.1. The third kappa shape index (κ3) is 5.57. The summed E-state index contributed by atoms with van der Waals surface area (Å²) < 4.78 is 0. The van der Waals surface area contributed by atoms with Crippen molar-refractivity contribution >= 4 is 29.2 Å². The molecule has 2 aromatic heterocycles. The van der Waals surface area contributed by atoms with Gasteiger partial charge in [0.25, 0.3) is 5.91 Å². The van der Waals surface area contributed by atoms with Gasteiger partial charge in [-0.25, -0.2) is 9.97 Å². The molecule has 0 aromatic carbocycles. The molecule has 0 bridgehead atoms. The van der Waals surface area contributed by atoms with Gasteiger partial charge < -0.3 is 30.4 Å². The summed E-state index contributed by atoms with van der Waals surface area (Å²) in [5, 5.41) is 16.0. The Kier molecular flexibility index (Phi) is 6.78. The molecule has 1 saturated carbocycles. The molecule has 0 unspecified atom stereocenters. The van der Waals surface area contributed by atoms with Gasteiger partial charge in [0.2, 0.25) is 0 Å². The summed E-state index contributed by atoms with van der Waals surface area (Å²) >= 11 is 0. The van der Waals surface area contributed by atoms with E-state index in [1.165, 1.54) is 12.8 Å². The summed E-state index contributed by atoms with van der Waals surface area (Å²) in [4.78, 5) is 29.9. The molecule has 3 fully saturated rings. The van der Waals surface area contributed by atoms with Crippen molar-refractivity contribution in [1.29, 1.82) is 0 Å². The molecular weight excluding hydrogens is 454 g/mol. The lowest BCUT2D eigenvalue weighted by Gasteiger charge is -2.34. The van der Waals surface area contributed by atoms with Gasteiger partial charge in [0.05, 0.1) is 17.7 Å². The van der Waals surface area contributed by atoms with Gasteiger partial charge >= 0.3 is 0 Å². The zero-order chi connectivity index (χ0) is 25.3. The lowest BCUT2D eigenvalue weighted by atomic mass is 9.93. The minimum atomic E-state index is -0.512. The van der Waals surface area contributed by atoms with Crippen LogP contribution >= 0.6 is 0 Å². The molecule has 1 amide bonds. The Balaban J connectivity index is 1.36. The highest BCUT2D eigenvalue weighted by molar-refractivity contribution is 6.07. The van der Waals surface area contributed by atoms with Crippen molar-refractivity contribution in [3.8, 4) is 0 Å². The first kappa shape index (κ1) is 24.8. The Bertz CT molecular complexity index is 1080. The zero-order valence-electron chi connectivity index (χ0n) is 21.8. The number of aliphatic hydroxyl groups is 1. The van der Waals surface area contributed by atoms with E-state index in [9.17, 15) is 9.90 Å². The number of rotatable bonds is 7. The number of piperazine rings is 1. The largest absolute Gasteiger partial charge is 0.394 e. The highest BCUT2D eigenvalue weighted by atomic mass is 16.3. The number of aliphatic hydroxyl groups excluding tert-OH is 1. The molecule has 1 aliphatic carbocycles. The molecule has 0 atom stereocenters. The fourth-order valence-electron chi connectivity index (χ4n) is 5.08. The van der Waals surface area contributed by atoms with Crippen LogP contribution in [0.1, 0.15) is 49.9 Å². The van der Waals surface area contributed by atoms with Crippen LogP contribution in [0, 0.1) is 5.41 Å². The molecule has 2 aliphatic heterocycles. The van der Waals surface area contributed by atoms with Crippen molar-refractivity contribution in [2.24, 2.45) is 5.41 Å². The van der Waals surface area contributed by atoms with Crippen molar-refractivity contribution in [3.05, 3.63) is 35.9 Å². The van der Waals surface area contributed by atoms with Crippen molar-refractivity contribution in [2.45, 2.75) is 45.1 Å². The number of carbonyl (C=O) groups excluding carboxylic acids is 1. The van der Waals surface area contributed by atoms with E-state index < -0.39 is 5.54 Å². The van der Waals surface area contributed by atoms with Crippen molar-refractivity contribution in [2.75, 3.05) is 73.4 Å². The number of likely N-dealkylation sites (N-methyl/N-ethyl adjacent to an activating group) is 1. The summed E-state index contributed by atoms with van der Waals surface area (Å²) in [5.74, 6) is 2.57. The molecule has 36 heavy (non-hydrogen) atoms. The number of anilines is 4. The SMILES string of the molecule is CN1CCN(c2cccc(NC(=O)c3ccc(NC(C)(C)CO)nc3N3CCC4(CC3)CC4)n2)CC1. The second-order valence-corrected chi connectivity index (χ2v) is 11.3. The average Bonchev–Trinajstić information content (AvgIpc) is 3.63. The number of nitrogens with zero attached hydrogens (tertiary/aromatic N) is 5. The van der Waals surface area contributed by atoms with Crippen LogP contribution in [-0.2, 0) is 0 Å².